The Balaban J connectivity index is 1.62. The highest BCUT2D eigenvalue weighted by molar-refractivity contribution is 9.10. The number of anilines is 1. The van der Waals surface area contributed by atoms with Crippen LogP contribution in [0.15, 0.2) is 41.0 Å². The second-order valence-corrected chi connectivity index (χ2v) is 8.85. The summed E-state index contributed by atoms with van der Waals surface area (Å²) in [6.07, 6.45) is 2.72. The second-order valence-electron chi connectivity index (χ2n) is 8.00. The van der Waals surface area contributed by atoms with Crippen LogP contribution in [0.4, 0.5) is 5.82 Å². The lowest BCUT2D eigenvalue weighted by atomic mass is 10.1. The molecule has 166 valence electrons. The number of nitrogens with zero attached hydrogens (tertiary/aromatic N) is 3. The highest BCUT2D eigenvalue weighted by Gasteiger charge is 2.21. The van der Waals surface area contributed by atoms with E-state index in [0.717, 1.165) is 39.9 Å². The van der Waals surface area contributed by atoms with E-state index in [1.54, 1.807) is 7.11 Å². The summed E-state index contributed by atoms with van der Waals surface area (Å²) >= 11 is 3.62. The third-order valence-corrected chi connectivity index (χ3v) is 6.78. The van der Waals surface area contributed by atoms with Gasteiger partial charge in [-0.15, -0.1) is 0 Å². The second kappa shape index (κ2) is 8.60. The van der Waals surface area contributed by atoms with Gasteiger partial charge in [0, 0.05) is 34.6 Å². The van der Waals surface area contributed by atoms with Crippen molar-refractivity contribution in [1.29, 1.82) is 0 Å². The molecule has 1 fully saturated rings. The number of hydrogen-bond acceptors (Lipinski definition) is 6. The van der Waals surface area contributed by atoms with Crippen LogP contribution in [-0.2, 0) is 11.3 Å². The van der Waals surface area contributed by atoms with Crippen molar-refractivity contribution >= 4 is 38.4 Å². The number of halogens is 1. The number of aryl methyl sites for hydroxylation is 1. The van der Waals surface area contributed by atoms with E-state index in [9.17, 15) is 0 Å². The molecule has 2 aromatic carbocycles. The van der Waals surface area contributed by atoms with Crippen molar-refractivity contribution in [2.24, 2.45) is 0 Å². The molecule has 1 aliphatic rings. The van der Waals surface area contributed by atoms with Crippen LogP contribution in [0.25, 0.3) is 16.7 Å². The summed E-state index contributed by atoms with van der Waals surface area (Å²) in [5.41, 5.74) is 4.37. The molecule has 0 saturated carbocycles. The van der Waals surface area contributed by atoms with Gasteiger partial charge in [0.1, 0.15) is 11.9 Å². The Morgan fingerprint density at radius 2 is 2.12 bits per heavy atom. The van der Waals surface area contributed by atoms with Gasteiger partial charge in [-0.25, -0.2) is 4.98 Å². The molecular weight excluding hydrogens is 472 g/mol. The van der Waals surface area contributed by atoms with Crippen LogP contribution in [0.2, 0.25) is 0 Å². The lowest BCUT2D eigenvalue weighted by molar-refractivity contribution is 0.139. The number of rotatable bonds is 6. The van der Waals surface area contributed by atoms with Crippen molar-refractivity contribution in [2.75, 3.05) is 25.6 Å². The van der Waals surface area contributed by atoms with E-state index < -0.39 is 0 Å². The Kier molecular flexibility index (Phi) is 5.65. The van der Waals surface area contributed by atoms with Crippen LogP contribution >= 0.6 is 15.9 Å². The number of nitrogens with one attached hydrogen (secondary N) is 1. The highest BCUT2D eigenvalue weighted by Crippen LogP contribution is 2.37. The molecule has 0 radical (unpaired) electrons. The summed E-state index contributed by atoms with van der Waals surface area (Å²) in [6, 6.07) is 10.2. The summed E-state index contributed by atoms with van der Waals surface area (Å²) in [5.74, 6) is 2.77. The van der Waals surface area contributed by atoms with Gasteiger partial charge in [0.15, 0.2) is 11.5 Å². The largest absolute Gasteiger partial charge is 0.493 e. The van der Waals surface area contributed by atoms with Gasteiger partial charge in [-0.2, -0.15) is 4.98 Å². The normalized spacial score (nSPS) is 16.1. The number of aromatic nitrogens is 3. The van der Waals surface area contributed by atoms with E-state index in [1.165, 1.54) is 11.1 Å². The van der Waals surface area contributed by atoms with Gasteiger partial charge >= 0.3 is 0 Å². The van der Waals surface area contributed by atoms with Crippen LogP contribution < -0.4 is 14.8 Å². The monoisotopic (exact) mass is 496 g/mol. The molecule has 5 rings (SSSR count). The molecule has 0 aliphatic carbocycles. The van der Waals surface area contributed by atoms with Crippen LogP contribution in [0, 0.1) is 13.8 Å². The van der Waals surface area contributed by atoms with E-state index in [0.29, 0.717) is 30.4 Å². The number of benzene rings is 2. The zero-order valence-corrected chi connectivity index (χ0v) is 19.9. The van der Waals surface area contributed by atoms with Gasteiger partial charge in [-0.3, -0.25) is 4.40 Å². The molecule has 7 nitrogen and oxygen atoms in total. The first-order valence-electron chi connectivity index (χ1n) is 10.6. The van der Waals surface area contributed by atoms with Gasteiger partial charge in [0.25, 0.3) is 0 Å². The number of ether oxygens (including phenoxy) is 3. The molecule has 2 aromatic heterocycles. The van der Waals surface area contributed by atoms with E-state index >= 15 is 0 Å². The predicted octanol–water partition coefficient (Wildman–Crippen LogP) is 5.05. The molecular formula is C24H25BrN4O3. The number of methoxy groups -OCH3 is 1. The van der Waals surface area contributed by atoms with E-state index in [1.807, 2.05) is 35.7 Å². The number of imidazole rings is 1. The first-order valence-corrected chi connectivity index (χ1v) is 11.4. The third kappa shape index (κ3) is 3.78. The third-order valence-electron chi connectivity index (χ3n) is 5.92. The Morgan fingerprint density at radius 3 is 2.91 bits per heavy atom. The fourth-order valence-corrected chi connectivity index (χ4v) is 4.49. The Hall–Kier alpha value is -2.84. The van der Waals surface area contributed by atoms with Gasteiger partial charge in [0.05, 0.1) is 32.0 Å². The molecule has 1 atom stereocenters. The molecule has 1 unspecified atom stereocenters. The SMILES string of the molecule is COc1cc2c(cc1OC1CCOC1)c(NCc1cccc(Br)c1C)nc1ncc(C)n12. The van der Waals surface area contributed by atoms with Crippen molar-refractivity contribution < 1.29 is 14.2 Å². The van der Waals surface area contributed by atoms with E-state index in [4.69, 9.17) is 19.2 Å². The van der Waals surface area contributed by atoms with Gasteiger partial charge in [0.2, 0.25) is 5.78 Å². The quantitative estimate of drug-likeness (QED) is 0.402. The zero-order chi connectivity index (χ0) is 22.2. The van der Waals surface area contributed by atoms with Crippen LogP contribution in [0.5, 0.6) is 11.5 Å². The lowest BCUT2D eigenvalue weighted by Gasteiger charge is -2.18. The smallest absolute Gasteiger partial charge is 0.236 e. The van der Waals surface area contributed by atoms with Crippen molar-refractivity contribution in [3.63, 3.8) is 0 Å². The molecule has 1 saturated heterocycles. The minimum Gasteiger partial charge on any atom is -0.493 e. The summed E-state index contributed by atoms with van der Waals surface area (Å²) < 4.78 is 20.5. The summed E-state index contributed by atoms with van der Waals surface area (Å²) in [5, 5.41) is 4.47. The van der Waals surface area contributed by atoms with Gasteiger partial charge in [-0.05, 0) is 37.1 Å². The molecule has 32 heavy (non-hydrogen) atoms. The van der Waals surface area contributed by atoms with E-state index in [-0.39, 0.29) is 6.10 Å². The van der Waals surface area contributed by atoms with Gasteiger partial charge < -0.3 is 19.5 Å². The Bertz CT molecular complexity index is 1300. The van der Waals surface area contributed by atoms with Crippen molar-refractivity contribution in [2.45, 2.75) is 32.9 Å². The van der Waals surface area contributed by atoms with Crippen molar-refractivity contribution in [3.8, 4) is 11.5 Å². The molecule has 0 bridgehead atoms. The fourth-order valence-electron chi connectivity index (χ4n) is 4.08. The highest BCUT2D eigenvalue weighted by atomic mass is 79.9. The molecule has 0 spiro atoms. The Labute approximate surface area is 194 Å². The molecule has 0 amide bonds. The zero-order valence-electron chi connectivity index (χ0n) is 18.3. The summed E-state index contributed by atoms with van der Waals surface area (Å²) in [4.78, 5) is 9.32. The Morgan fingerprint density at radius 1 is 1.25 bits per heavy atom. The van der Waals surface area contributed by atoms with Gasteiger partial charge in [-0.1, -0.05) is 28.1 Å². The topological polar surface area (TPSA) is 69.9 Å². The fraction of sp³-hybridized carbons (Fsp3) is 0.333. The lowest BCUT2D eigenvalue weighted by Crippen LogP contribution is -2.16. The summed E-state index contributed by atoms with van der Waals surface area (Å²) in [7, 11) is 1.66. The molecule has 3 heterocycles. The molecule has 1 N–H and O–H groups in total. The van der Waals surface area contributed by atoms with Crippen molar-refractivity contribution in [3.05, 3.63) is 57.8 Å². The maximum Gasteiger partial charge on any atom is 0.236 e. The number of hydrogen-bond donors (Lipinski definition) is 1. The maximum atomic E-state index is 6.25. The first-order chi connectivity index (χ1) is 15.5. The first kappa shape index (κ1) is 21.0. The van der Waals surface area contributed by atoms with E-state index in [2.05, 4.69) is 45.3 Å². The van der Waals surface area contributed by atoms with Crippen LogP contribution in [-0.4, -0.2) is 40.8 Å². The summed E-state index contributed by atoms with van der Waals surface area (Å²) in [6.45, 7) is 6.07. The minimum absolute atomic E-state index is 0.0220. The average molecular weight is 497 g/mol. The van der Waals surface area contributed by atoms with Crippen molar-refractivity contribution in [1.82, 2.24) is 14.4 Å². The molecule has 1 aliphatic heterocycles. The van der Waals surface area contributed by atoms with Crippen LogP contribution in [0.3, 0.4) is 0 Å². The average Bonchev–Trinajstić information content (AvgIpc) is 3.44. The maximum absolute atomic E-state index is 6.25. The predicted molar refractivity (Wildman–Crippen MR) is 128 cm³/mol. The van der Waals surface area contributed by atoms with Crippen LogP contribution in [0.1, 0.15) is 23.2 Å². The minimum atomic E-state index is 0.0220. The number of fused-ring (bicyclic) bond motifs is 3. The molecule has 4 aromatic rings. The standard InChI is InChI=1S/C24H25BrN4O3/c1-14-11-27-24-28-23(26-12-16-5-4-6-19(25)15(16)2)18-9-22(32-17-7-8-31-13-17)21(30-3)10-20(18)29(14)24/h4-6,9-11,17H,7-8,12-13H2,1-3H3,(H,26,27,28). The molecule has 8 heteroatoms.